The Labute approximate surface area is 115 Å². The highest BCUT2D eigenvalue weighted by molar-refractivity contribution is 7.98. The van der Waals surface area contributed by atoms with E-state index in [0.717, 1.165) is 4.90 Å². The zero-order valence-electron chi connectivity index (χ0n) is 10.6. The fourth-order valence-electron chi connectivity index (χ4n) is 1.75. The highest BCUT2D eigenvalue weighted by Crippen LogP contribution is 2.33. The van der Waals surface area contributed by atoms with Gasteiger partial charge in [-0.2, -0.15) is 0 Å². The summed E-state index contributed by atoms with van der Waals surface area (Å²) in [7, 11) is 0. The van der Waals surface area contributed by atoms with Crippen molar-refractivity contribution in [3.8, 4) is 11.5 Å². The SMILES string of the molecule is CSc1ccccc1Oc1cccc(F)c1C(C)=O. The molecule has 98 valence electrons. The van der Waals surface area contributed by atoms with Crippen LogP contribution >= 0.6 is 11.8 Å². The second-order valence-electron chi connectivity index (χ2n) is 3.92. The van der Waals surface area contributed by atoms with Gasteiger partial charge in [-0.05, 0) is 37.4 Å². The summed E-state index contributed by atoms with van der Waals surface area (Å²) in [6.45, 7) is 1.33. The first-order valence-electron chi connectivity index (χ1n) is 5.74. The molecule has 0 saturated heterocycles. The molecule has 19 heavy (non-hydrogen) atoms. The molecule has 0 unspecified atom stereocenters. The van der Waals surface area contributed by atoms with E-state index >= 15 is 0 Å². The van der Waals surface area contributed by atoms with Crippen LogP contribution in [0.15, 0.2) is 47.4 Å². The average molecular weight is 276 g/mol. The summed E-state index contributed by atoms with van der Waals surface area (Å²) in [5.41, 5.74) is -0.0154. The molecule has 0 N–H and O–H groups in total. The molecule has 0 aromatic heterocycles. The zero-order valence-corrected chi connectivity index (χ0v) is 11.5. The van der Waals surface area contributed by atoms with E-state index in [-0.39, 0.29) is 17.1 Å². The third kappa shape index (κ3) is 2.96. The van der Waals surface area contributed by atoms with E-state index in [9.17, 15) is 9.18 Å². The van der Waals surface area contributed by atoms with Gasteiger partial charge in [0.1, 0.15) is 17.3 Å². The van der Waals surface area contributed by atoms with Gasteiger partial charge in [-0.25, -0.2) is 4.39 Å². The fraction of sp³-hybridized carbons (Fsp3) is 0.133. The summed E-state index contributed by atoms with van der Waals surface area (Å²) >= 11 is 1.53. The maximum Gasteiger partial charge on any atom is 0.166 e. The molecule has 0 radical (unpaired) electrons. The van der Waals surface area contributed by atoms with Crippen LogP contribution in [0.4, 0.5) is 4.39 Å². The van der Waals surface area contributed by atoms with Crippen molar-refractivity contribution >= 4 is 17.5 Å². The van der Waals surface area contributed by atoms with Crippen LogP contribution in [0, 0.1) is 5.82 Å². The smallest absolute Gasteiger partial charge is 0.166 e. The van der Waals surface area contributed by atoms with E-state index < -0.39 is 5.82 Å². The topological polar surface area (TPSA) is 26.3 Å². The highest BCUT2D eigenvalue weighted by Gasteiger charge is 2.15. The van der Waals surface area contributed by atoms with Crippen molar-refractivity contribution in [2.24, 2.45) is 0 Å². The summed E-state index contributed by atoms with van der Waals surface area (Å²) in [6.07, 6.45) is 1.93. The largest absolute Gasteiger partial charge is 0.455 e. The predicted octanol–water partition coefficient (Wildman–Crippen LogP) is 4.54. The van der Waals surface area contributed by atoms with Crippen molar-refractivity contribution in [3.05, 3.63) is 53.8 Å². The number of carbonyl (C=O) groups excluding carboxylic acids is 1. The molecule has 0 spiro atoms. The van der Waals surface area contributed by atoms with Gasteiger partial charge in [-0.1, -0.05) is 18.2 Å². The Hall–Kier alpha value is -1.81. The number of hydrogen-bond acceptors (Lipinski definition) is 3. The van der Waals surface area contributed by atoms with Crippen LogP contribution < -0.4 is 4.74 Å². The highest BCUT2D eigenvalue weighted by atomic mass is 32.2. The first-order valence-corrected chi connectivity index (χ1v) is 6.96. The van der Waals surface area contributed by atoms with Crippen molar-refractivity contribution in [2.45, 2.75) is 11.8 Å². The van der Waals surface area contributed by atoms with Crippen LogP contribution in [0.3, 0.4) is 0 Å². The zero-order chi connectivity index (χ0) is 13.8. The number of rotatable bonds is 4. The van der Waals surface area contributed by atoms with E-state index in [1.807, 2.05) is 24.5 Å². The monoisotopic (exact) mass is 276 g/mol. The molecule has 0 aliphatic rings. The van der Waals surface area contributed by atoms with Gasteiger partial charge >= 0.3 is 0 Å². The van der Waals surface area contributed by atoms with Crippen molar-refractivity contribution < 1.29 is 13.9 Å². The van der Waals surface area contributed by atoms with Gasteiger partial charge in [0.2, 0.25) is 0 Å². The molecule has 2 aromatic carbocycles. The van der Waals surface area contributed by atoms with Gasteiger partial charge < -0.3 is 4.74 Å². The van der Waals surface area contributed by atoms with Crippen LogP contribution in [0.5, 0.6) is 11.5 Å². The van der Waals surface area contributed by atoms with Crippen LogP contribution in [-0.2, 0) is 0 Å². The number of hydrogen-bond donors (Lipinski definition) is 0. The molecule has 2 aromatic rings. The van der Waals surface area contributed by atoms with Crippen LogP contribution in [0.2, 0.25) is 0 Å². The Balaban J connectivity index is 2.44. The Kier molecular flexibility index (Phi) is 4.22. The minimum Gasteiger partial charge on any atom is -0.455 e. The second kappa shape index (κ2) is 5.89. The number of para-hydroxylation sites is 1. The molecule has 0 aliphatic carbocycles. The molecule has 0 aliphatic heterocycles. The molecule has 0 saturated carbocycles. The summed E-state index contributed by atoms with van der Waals surface area (Å²) in [6, 6.07) is 11.8. The molecular weight excluding hydrogens is 263 g/mol. The summed E-state index contributed by atoms with van der Waals surface area (Å²) in [5, 5.41) is 0. The van der Waals surface area contributed by atoms with Gasteiger partial charge in [-0.3, -0.25) is 4.79 Å². The minimum atomic E-state index is -0.563. The maximum absolute atomic E-state index is 13.7. The van der Waals surface area contributed by atoms with Crippen molar-refractivity contribution in [1.29, 1.82) is 0 Å². The number of carbonyl (C=O) groups is 1. The van der Waals surface area contributed by atoms with Gasteiger partial charge in [0.15, 0.2) is 5.78 Å². The van der Waals surface area contributed by atoms with E-state index in [4.69, 9.17) is 4.74 Å². The number of ketones is 1. The fourth-order valence-corrected chi connectivity index (χ4v) is 2.28. The van der Waals surface area contributed by atoms with Crippen LogP contribution in [0.1, 0.15) is 17.3 Å². The lowest BCUT2D eigenvalue weighted by molar-refractivity contribution is 0.101. The Morgan fingerprint density at radius 1 is 1.11 bits per heavy atom. The molecular formula is C15H13FO2S. The Bertz CT molecular complexity index is 611. The summed E-state index contributed by atoms with van der Waals surface area (Å²) < 4.78 is 19.4. The third-order valence-corrected chi connectivity index (χ3v) is 3.39. The molecule has 0 heterocycles. The van der Waals surface area contributed by atoms with Crippen molar-refractivity contribution in [3.63, 3.8) is 0 Å². The summed E-state index contributed by atoms with van der Waals surface area (Å²) in [4.78, 5) is 12.4. The maximum atomic E-state index is 13.7. The van der Waals surface area contributed by atoms with Gasteiger partial charge in [-0.15, -0.1) is 11.8 Å². The number of halogens is 1. The second-order valence-corrected chi connectivity index (χ2v) is 4.77. The van der Waals surface area contributed by atoms with E-state index in [2.05, 4.69) is 0 Å². The molecule has 4 heteroatoms. The van der Waals surface area contributed by atoms with Gasteiger partial charge in [0, 0.05) is 4.90 Å². The lowest BCUT2D eigenvalue weighted by atomic mass is 10.1. The average Bonchev–Trinajstić information content (AvgIpc) is 2.39. The Morgan fingerprint density at radius 2 is 1.79 bits per heavy atom. The molecule has 2 rings (SSSR count). The molecule has 0 amide bonds. The standard InChI is InChI=1S/C15H13FO2S/c1-10(17)15-11(16)6-5-8-13(15)18-12-7-3-4-9-14(12)19-2/h3-9H,1-2H3. The van der Waals surface area contributed by atoms with Gasteiger partial charge in [0.25, 0.3) is 0 Å². The quantitative estimate of drug-likeness (QED) is 0.605. The number of Topliss-reactive ketones (excluding diaryl/α,β-unsaturated/α-hetero) is 1. The van der Waals surface area contributed by atoms with Crippen molar-refractivity contribution in [1.82, 2.24) is 0 Å². The lowest BCUT2D eigenvalue weighted by Crippen LogP contribution is -2.01. The first kappa shape index (κ1) is 13.6. The number of ether oxygens (including phenoxy) is 1. The Morgan fingerprint density at radius 3 is 2.47 bits per heavy atom. The van der Waals surface area contributed by atoms with E-state index in [0.29, 0.717) is 5.75 Å². The number of benzene rings is 2. The molecule has 0 fully saturated rings. The predicted molar refractivity (Wildman–Crippen MR) is 74.7 cm³/mol. The van der Waals surface area contributed by atoms with E-state index in [1.165, 1.54) is 30.8 Å². The summed E-state index contributed by atoms with van der Waals surface area (Å²) in [5.74, 6) is -0.0570. The lowest BCUT2D eigenvalue weighted by Gasteiger charge is -2.12. The third-order valence-electron chi connectivity index (χ3n) is 2.62. The van der Waals surface area contributed by atoms with Crippen LogP contribution in [0.25, 0.3) is 0 Å². The molecule has 2 nitrogen and oxygen atoms in total. The van der Waals surface area contributed by atoms with Crippen LogP contribution in [-0.4, -0.2) is 12.0 Å². The molecule has 0 bridgehead atoms. The van der Waals surface area contributed by atoms with E-state index in [1.54, 1.807) is 12.1 Å². The molecule has 0 atom stereocenters. The van der Waals surface area contributed by atoms with Crippen molar-refractivity contribution in [2.75, 3.05) is 6.26 Å². The number of thioether (sulfide) groups is 1. The normalized spacial score (nSPS) is 10.3. The minimum absolute atomic E-state index is 0.0154. The first-order chi connectivity index (χ1) is 9.13. The van der Waals surface area contributed by atoms with Gasteiger partial charge in [0.05, 0.1) is 5.56 Å².